The summed E-state index contributed by atoms with van der Waals surface area (Å²) in [6, 6.07) is 12.6. The zero-order valence-electron chi connectivity index (χ0n) is 16.4. The Labute approximate surface area is 175 Å². The molecular formula is C21H21N3O5S. The number of hydrogen-bond acceptors (Lipinski definition) is 6. The Morgan fingerprint density at radius 1 is 1.17 bits per heavy atom. The molecule has 0 bridgehead atoms. The summed E-state index contributed by atoms with van der Waals surface area (Å²) < 4.78 is 32.0. The third-order valence-corrected chi connectivity index (χ3v) is 6.67. The second-order valence-corrected chi connectivity index (χ2v) is 8.57. The number of aromatic hydroxyl groups is 1. The Morgan fingerprint density at radius 3 is 2.57 bits per heavy atom. The molecule has 2 aromatic carbocycles. The number of nitriles is 1. The Hall–Kier alpha value is -3.35. The van der Waals surface area contributed by atoms with Crippen LogP contribution >= 0.6 is 0 Å². The fourth-order valence-electron chi connectivity index (χ4n) is 3.09. The van der Waals surface area contributed by atoms with Gasteiger partial charge in [0.15, 0.2) is 11.5 Å². The number of piperazine rings is 1. The maximum Gasteiger partial charge on any atom is 0.246 e. The van der Waals surface area contributed by atoms with Crippen LogP contribution in [0.4, 0.5) is 0 Å². The lowest BCUT2D eigenvalue weighted by molar-refractivity contribution is -0.127. The van der Waals surface area contributed by atoms with E-state index in [1.165, 1.54) is 41.8 Å². The van der Waals surface area contributed by atoms with Crippen molar-refractivity contribution < 1.29 is 23.1 Å². The summed E-state index contributed by atoms with van der Waals surface area (Å²) in [6.07, 6.45) is 3.02. The molecule has 30 heavy (non-hydrogen) atoms. The van der Waals surface area contributed by atoms with Crippen LogP contribution in [0.3, 0.4) is 0 Å². The van der Waals surface area contributed by atoms with Gasteiger partial charge in [0.25, 0.3) is 0 Å². The Bertz CT molecular complexity index is 1110. The van der Waals surface area contributed by atoms with Crippen LogP contribution in [-0.2, 0) is 14.8 Å². The summed E-state index contributed by atoms with van der Waals surface area (Å²) in [5.41, 5.74) is 0.970. The number of hydrogen-bond donors (Lipinski definition) is 1. The highest BCUT2D eigenvalue weighted by Crippen LogP contribution is 2.26. The maximum atomic E-state index is 12.8. The topological polar surface area (TPSA) is 111 Å². The van der Waals surface area contributed by atoms with E-state index in [0.717, 1.165) is 0 Å². The number of carbonyl (C=O) groups is 1. The number of amides is 1. The van der Waals surface area contributed by atoms with Gasteiger partial charge in [0.2, 0.25) is 15.9 Å². The zero-order valence-corrected chi connectivity index (χ0v) is 17.2. The van der Waals surface area contributed by atoms with Crippen LogP contribution in [0, 0.1) is 11.3 Å². The summed E-state index contributed by atoms with van der Waals surface area (Å²) in [5.74, 6) is 0.0908. The minimum Gasteiger partial charge on any atom is -0.504 e. The third kappa shape index (κ3) is 4.62. The summed E-state index contributed by atoms with van der Waals surface area (Å²) >= 11 is 0. The van der Waals surface area contributed by atoms with Crippen LogP contribution in [0.2, 0.25) is 0 Å². The smallest absolute Gasteiger partial charge is 0.246 e. The number of methoxy groups -OCH3 is 1. The average molecular weight is 427 g/mol. The van der Waals surface area contributed by atoms with Gasteiger partial charge in [0, 0.05) is 32.3 Å². The maximum absolute atomic E-state index is 12.8. The van der Waals surface area contributed by atoms with Crippen LogP contribution < -0.4 is 4.74 Å². The molecule has 8 nitrogen and oxygen atoms in total. The van der Waals surface area contributed by atoms with Crippen molar-refractivity contribution in [3.8, 4) is 17.6 Å². The molecule has 2 aromatic rings. The molecule has 1 saturated heterocycles. The van der Waals surface area contributed by atoms with E-state index in [0.29, 0.717) is 11.3 Å². The summed E-state index contributed by atoms with van der Waals surface area (Å²) in [4.78, 5) is 14.1. The van der Waals surface area contributed by atoms with E-state index in [1.807, 2.05) is 6.07 Å². The van der Waals surface area contributed by atoms with Gasteiger partial charge in [-0.1, -0.05) is 12.1 Å². The van der Waals surface area contributed by atoms with Gasteiger partial charge in [-0.15, -0.1) is 0 Å². The first kappa shape index (κ1) is 21.4. The van der Waals surface area contributed by atoms with E-state index in [1.54, 1.807) is 29.2 Å². The molecule has 1 fully saturated rings. The molecule has 1 amide bonds. The number of phenols is 1. The van der Waals surface area contributed by atoms with Crippen molar-refractivity contribution >= 4 is 22.0 Å². The SMILES string of the molecule is COc1cc(/C=C/C(=O)N2CCN(S(=O)(=O)c3cccc(C#N)c3)CC2)ccc1O. The van der Waals surface area contributed by atoms with E-state index >= 15 is 0 Å². The number of nitrogens with zero attached hydrogens (tertiary/aromatic N) is 3. The summed E-state index contributed by atoms with van der Waals surface area (Å²) in [6.45, 7) is 0.871. The molecule has 0 spiro atoms. The van der Waals surface area contributed by atoms with Crippen molar-refractivity contribution in [3.05, 3.63) is 59.7 Å². The fourth-order valence-corrected chi connectivity index (χ4v) is 4.56. The lowest BCUT2D eigenvalue weighted by Gasteiger charge is -2.33. The van der Waals surface area contributed by atoms with Crippen LogP contribution in [0.25, 0.3) is 6.08 Å². The van der Waals surface area contributed by atoms with Crippen LogP contribution in [0.15, 0.2) is 53.4 Å². The van der Waals surface area contributed by atoms with E-state index in [2.05, 4.69) is 0 Å². The predicted octanol–water partition coefficient (Wildman–Crippen LogP) is 1.82. The minimum absolute atomic E-state index is 0.0126. The Kier molecular flexibility index (Phi) is 6.40. The highest BCUT2D eigenvalue weighted by Gasteiger charge is 2.29. The molecule has 0 radical (unpaired) electrons. The molecule has 0 atom stereocenters. The summed E-state index contributed by atoms with van der Waals surface area (Å²) in [5, 5.41) is 18.6. The van der Waals surface area contributed by atoms with Gasteiger partial charge in [0.05, 0.1) is 23.6 Å². The highest BCUT2D eigenvalue weighted by molar-refractivity contribution is 7.89. The number of sulfonamides is 1. The quantitative estimate of drug-likeness (QED) is 0.729. The molecule has 156 valence electrons. The molecule has 1 aliphatic heterocycles. The first-order valence-corrected chi connectivity index (χ1v) is 10.6. The number of ether oxygens (including phenoxy) is 1. The van der Waals surface area contributed by atoms with E-state index in [4.69, 9.17) is 10.00 Å². The number of rotatable bonds is 5. The van der Waals surface area contributed by atoms with Gasteiger partial charge in [-0.05, 0) is 42.0 Å². The first-order valence-electron chi connectivity index (χ1n) is 9.19. The molecule has 1 N–H and O–H groups in total. The van der Waals surface area contributed by atoms with Gasteiger partial charge in [-0.2, -0.15) is 9.57 Å². The third-order valence-electron chi connectivity index (χ3n) is 4.77. The molecule has 9 heteroatoms. The van der Waals surface area contributed by atoms with E-state index in [9.17, 15) is 18.3 Å². The van der Waals surface area contributed by atoms with Gasteiger partial charge >= 0.3 is 0 Å². The second kappa shape index (κ2) is 8.98. The Balaban J connectivity index is 1.63. The first-order chi connectivity index (χ1) is 14.3. The van der Waals surface area contributed by atoms with Crippen LogP contribution in [0.5, 0.6) is 11.5 Å². The lowest BCUT2D eigenvalue weighted by atomic mass is 10.2. The second-order valence-electron chi connectivity index (χ2n) is 6.63. The van der Waals surface area contributed by atoms with Crippen molar-refractivity contribution in [1.82, 2.24) is 9.21 Å². The predicted molar refractivity (Wildman–Crippen MR) is 110 cm³/mol. The molecule has 3 rings (SSSR count). The fraction of sp³-hybridized carbons (Fsp3) is 0.238. The standard InChI is InChI=1S/C21H21N3O5S/c1-29-20-14-16(5-7-19(20)25)6-8-21(26)23-9-11-24(12-10-23)30(27,28)18-4-2-3-17(13-18)15-22/h2-8,13-14,25H,9-12H2,1H3/b8-6+. The van der Waals surface area contributed by atoms with Crippen molar-refractivity contribution in [2.24, 2.45) is 0 Å². The number of phenolic OH excluding ortho intramolecular Hbond substituents is 1. The molecule has 0 aromatic heterocycles. The van der Waals surface area contributed by atoms with Crippen LogP contribution in [0.1, 0.15) is 11.1 Å². The van der Waals surface area contributed by atoms with E-state index < -0.39 is 10.0 Å². The van der Waals surface area contributed by atoms with Gasteiger partial charge < -0.3 is 14.7 Å². The molecule has 0 unspecified atom stereocenters. The van der Waals surface area contributed by atoms with Crippen molar-refractivity contribution in [3.63, 3.8) is 0 Å². The average Bonchev–Trinajstić information content (AvgIpc) is 2.78. The molecule has 1 heterocycles. The molecule has 0 aliphatic carbocycles. The van der Waals surface area contributed by atoms with Gasteiger partial charge in [0.1, 0.15) is 0 Å². The number of benzene rings is 2. The summed E-state index contributed by atoms with van der Waals surface area (Å²) in [7, 11) is -2.28. The van der Waals surface area contributed by atoms with Crippen molar-refractivity contribution in [2.45, 2.75) is 4.90 Å². The Morgan fingerprint density at radius 2 is 1.90 bits per heavy atom. The number of carbonyl (C=O) groups excluding carboxylic acids is 1. The molecule has 0 saturated carbocycles. The van der Waals surface area contributed by atoms with E-state index in [-0.39, 0.29) is 48.3 Å². The van der Waals surface area contributed by atoms with Gasteiger partial charge in [-0.3, -0.25) is 4.79 Å². The highest BCUT2D eigenvalue weighted by atomic mass is 32.2. The zero-order chi connectivity index (χ0) is 21.7. The monoisotopic (exact) mass is 427 g/mol. The van der Waals surface area contributed by atoms with Crippen LogP contribution in [-0.4, -0.2) is 61.9 Å². The lowest BCUT2D eigenvalue weighted by Crippen LogP contribution is -2.50. The van der Waals surface area contributed by atoms with Gasteiger partial charge in [-0.25, -0.2) is 8.42 Å². The molecule has 1 aliphatic rings. The largest absolute Gasteiger partial charge is 0.504 e. The normalized spacial score (nSPS) is 15.1. The molecular weight excluding hydrogens is 406 g/mol. The van der Waals surface area contributed by atoms with Crippen molar-refractivity contribution in [1.29, 1.82) is 5.26 Å². The van der Waals surface area contributed by atoms with Crippen molar-refractivity contribution in [2.75, 3.05) is 33.3 Å². The minimum atomic E-state index is -3.72.